The van der Waals surface area contributed by atoms with Gasteiger partial charge in [-0.05, 0) is 24.8 Å². The molecular formula is C10H12N2OS. The Balaban J connectivity index is 2.09. The van der Waals surface area contributed by atoms with E-state index in [1.54, 1.807) is 11.3 Å². The summed E-state index contributed by atoms with van der Waals surface area (Å²) in [5, 5.41) is 9.23. The van der Waals surface area contributed by atoms with Crippen LogP contribution in [-0.2, 0) is 13.2 Å². The highest BCUT2D eigenvalue weighted by Gasteiger charge is 2.24. The van der Waals surface area contributed by atoms with Crippen LogP contribution in [0, 0.1) is 5.92 Å². The zero-order valence-corrected chi connectivity index (χ0v) is 8.63. The highest BCUT2D eigenvalue weighted by molar-refractivity contribution is 7.16. The average Bonchev–Trinajstić information content (AvgIpc) is 2.77. The fraction of sp³-hybridized carbons (Fsp3) is 0.500. The lowest BCUT2D eigenvalue weighted by Crippen LogP contribution is -2.04. The number of nitrogens with zero attached hydrogens (tertiary/aromatic N) is 2. The third kappa shape index (κ3) is 1.26. The third-order valence-corrected chi connectivity index (χ3v) is 3.54. The molecule has 1 aliphatic carbocycles. The van der Waals surface area contributed by atoms with Gasteiger partial charge in [-0.25, -0.2) is 4.98 Å². The Morgan fingerprint density at radius 2 is 2.43 bits per heavy atom. The van der Waals surface area contributed by atoms with Crippen molar-refractivity contribution in [2.45, 2.75) is 26.0 Å². The van der Waals surface area contributed by atoms with Crippen molar-refractivity contribution in [3.05, 3.63) is 17.3 Å². The zero-order chi connectivity index (χ0) is 9.54. The summed E-state index contributed by atoms with van der Waals surface area (Å²) in [5.41, 5.74) is 3.92. The minimum Gasteiger partial charge on any atom is -0.390 e. The molecule has 1 aliphatic rings. The Labute approximate surface area is 86.0 Å². The predicted molar refractivity (Wildman–Crippen MR) is 56.3 cm³/mol. The van der Waals surface area contributed by atoms with Crippen LogP contribution in [0.1, 0.15) is 18.5 Å². The molecule has 2 aromatic heterocycles. The van der Waals surface area contributed by atoms with Crippen LogP contribution < -0.4 is 0 Å². The highest BCUT2D eigenvalue weighted by atomic mass is 32.1. The second-order valence-electron chi connectivity index (χ2n) is 3.89. The van der Waals surface area contributed by atoms with Crippen LogP contribution in [0.2, 0.25) is 0 Å². The van der Waals surface area contributed by atoms with E-state index in [0.29, 0.717) is 0 Å². The van der Waals surface area contributed by atoms with Crippen molar-refractivity contribution in [1.82, 2.24) is 9.55 Å². The summed E-state index contributed by atoms with van der Waals surface area (Å²) < 4.78 is 3.36. The molecule has 0 bridgehead atoms. The molecule has 2 heterocycles. The molecule has 4 heteroatoms. The topological polar surface area (TPSA) is 38.1 Å². The molecule has 2 aromatic rings. The molecule has 0 spiro atoms. The SMILES string of the molecule is OCc1cc2scnc2n1CC1CC1. The smallest absolute Gasteiger partial charge is 0.151 e. The first-order valence-electron chi connectivity index (χ1n) is 4.91. The molecule has 0 amide bonds. The van der Waals surface area contributed by atoms with E-state index in [1.165, 1.54) is 17.5 Å². The minimum absolute atomic E-state index is 0.121. The molecule has 1 N–H and O–H groups in total. The van der Waals surface area contributed by atoms with Crippen molar-refractivity contribution in [3.63, 3.8) is 0 Å². The van der Waals surface area contributed by atoms with Gasteiger partial charge in [0.1, 0.15) is 0 Å². The summed E-state index contributed by atoms with van der Waals surface area (Å²) in [7, 11) is 0. The fourth-order valence-corrected chi connectivity index (χ4v) is 2.55. The first kappa shape index (κ1) is 8.44. The Bertz CT molecular complexity index is 456. The molecule has 1 fully saturated rings. The van der Waals surface area contributed by atoms with Gasteiger partial charge in [0.25, 0.3) is 0 Å². The molecular weight excluding hydrogens is 196 g/mol. The molecule has 3 rings (SSSR count). The van der Waals surface area contributed by atoms with Gasteiger partial charge in [-0.3, -0.25) is 0 Å². The van der Waals surface area contributed by atoms with E-state index in [0.717, 1.165) is 23.8 Å². The normalized spacial score (nSPS) is 16.6. The van der Waals surface area contributed by atoms with E-state index < -0.39 is 0 Å². The molecule has 74 valence electrons. The Kier molecular flexibility index (Phi) is 1.85. The number of fused-ring (bicyclic) bond motifs is 1. The van der Waals surface area contributed by atoms with Crippen molar-refractivity contribution in [2.75, 3.05) is 0 Å². The van der Waals surface area contributed by atoms with Crippen LogP contribution in [0.25, 0.3) is 10.3 Å². The molecule has 0 aromatic carbocycles. The van der Waals surface area contributed by atoms with Gasteiger partial charge >= 0.3 is 0 Å². The summed E-state index contributed by atoms with van der Waals surface area (Å²) in [6.45, 7) is 1.15. The Morgan fingerprint density at radius 1 is 1.57 bits per heavy atom. The van der Waals surface area contributed by atoms with Crippen molar-refractivity contribution >= 4 is 21.7 Å². The van der Waals surface area contributed by atoms with E-state index in [9.17, 15) is 5.11 Å². The van der Waals surface area contributed by atoms with Gasteiger partial charge in [0.05, 0.1) is 16.8 Å². The fourth-order valence-electron chi connectivity index (χ4n) is 1.81. The molecule has 0 saturated heterocycles. The summed E-state index contributed by atoms with van der Waals surface area (Å²) in [4.78, 5) is 4.34. The third-order valence-electron chi connectivity index (χ3n) is 2.77. The second kappa shape index (κ2) is 3.07. The second-order valence-corrected chi connectivity index (χ2v) is 4.77. The maximum Gasteiger partial charge on any atom is 0.151 e. The maximum absolute atomic E-state index is 9.23. The number of aromatic nitrogens is 2. The van der Waals surface area contributed by atoms with E-state index in [1.807, 2.05) is 5.51 Å². The van der Waals surface area contributed by atoms with Crippen LogP contribution in [0.15, 0.2) is 11.6 Å². The monoisotopic (exact) mass is 208 g/mol. The molecule has 0 aliphatic heterocycles. The molecule has 14 heavy (non-hydrogen) atoms. The number of aliphatic hydroxyl groups excluding tert-OH is 1. The van der Waals surface area contributed by atoms with Crippen LogP contribution in [-0.4, -0.2) is 14.7 Å². The van der Waals surface area contributed by atoms with Crippen LogP contribution in [0.5, 0.6) is 0 Å². The van der Waals surface area contributed by atoms with E-state index in [4.69, 9.17) is 0 Å². The van der Waals surface area contributed by atoms with Gasteiger partial charge < -0.3 is 9.67 Å². The van der Waals surface area contributed by atoms with Crippen molar-refractivity contribution in [3.8, 4) is 0 Å². The van der Waals surface area contributed by atoms with Gasteiger partial charge in [-0.15, -0.1) is 11.3 Å². The van der Waals surface area contributed by atoms with E-state index in [2.05, 4.69) is 15.6 Å². The number of thiazole rings is 1. The van der Waals surface area contributed by atoms with Crippen molar-refractivity contribution in [2.24, 2.45) is 5.92 Å². The van der Waals surface area contributed by atoms with Crippen LogP contribution >= 0.6 is 11.3 Å². The minimum atomic E-state index is 0.121. The Hall–Kier alpha value is -0.870. The lowest BCUT2D eigenvalue weighted by Gasteiger charge is -2.05. The molecule has 1 saturated carbocycles. The van der Waals surface area contributed by atoms with Crippen molar-refractivity contribution < 1.29 is 5.11 Å². The molecule has 0 radical (unpaired) electrons. The summed E-state index contributed by atoms with van der Waals surface area (Å²) in [5.74, 6) is 0.817. The maximum atomic E-state index is 9.23. The number of rotatable bonds is 3. The number of hydrogen-bond donors (Lipinski definition) is 1. The standard InChI is InChI=1S/C10H12N2OS/c13-5-8-3-9-10(11-6-14-9)12(8)4-7-1-2-7/h3,6-7,13H,1-2,4-5H2. The van der Waals surface area contributed by atoms with Gasteiger partial charge in [0.2, 0.25) is 0 Å². The molecule has 0 unspecified atom stereocenters. The van der Waals surface area contributed by atoms with Gasteiger partial charge in [0.15, 0.2) is 5.65 Å². The lowest BCUT2D eigenvalue weighted by atomic mass is 10.4. The molecule has 3 nitrogen and oxygen atoms in total. The van der Waals surface area contributed by atoms with Crippen LogP contribution in [0.4, 0.5) is 0 Å². The average molecular weight is 208 g/mol. The van der Waals surface area contributed by atoms with E-state index >= 15 is 0 Å². The highest BCUT2D eigenvalue weighted by Crippen LogP contribution is 2.33. The van der Waals surface area contributed by atoms with Gasteiger partial charge in [-0.1, -0.05) is 0 Å². The summed E-state index contributed by atoms with van der Waals surface area (Å²) >= 11 is 1.64. The predicted octanol–water partition coefficient (Wildman–Crippen LogP) is 2.00. The number of hydrogen-bond acceptors (Lipinski definition) is 3. The summed E-state index contributed by atoms with van der Waals surface area (Å²) in [6, 6.07) is 2.05. The lowest BCUT2D eigenvalue weighted by molar-refractivity contribution is 0.270. The zero-order valence-electron chi connectivity index (χ0n) is 7.81. The van der Waals surface area contributed by atoms with Crippen molar-refractivity contribution in [1.29, 1.82) is 0 Å². The number of aliphatic hydroxyl groups is 1. The largest absolute Gasteiger partial charge is 0.390 e. The quantitative estimate of drug-likeness (QED) is 0.837. The van der Waals surface area contributed by atoms with E-state index in [-0.39, 0.29) is 6.61 Å². The van der Waals surface area contributed by atoms with Crippen LogP contribution in [0.3, 0.4) is 0 Å². The Morgan fingerprint density at radius 3 is 3.14 bits per heavy atom. The first-order valence-corrected chi connectivity index (χ1v) is 5.79. The van der Waals surface area contributed by atoms with Gasteiger partial charge in [0, 0.05) is 12.2 Å². The van der Waals surface area contributed by atoms with Gasteiger partial charge in [-0.2, -0.15) is 0 Å². The summed E-state index contributed by atoms with van der Waals surface area (Å²) in [6.07, 6.45) is 2.66. The molecule has 0 atom stereocenters. The first-order chi connectivity index (χ1) is 6.88.